The zero-order valence-electron chi connectivity index (χ0n) is 10.7. The van der Waals surface area contributed by atoms with E-state index in [1.54, 1.807) is 0 Å². The van der Waals surface area contributed by atoms with E-state index in [1.165, 1.54) is 51.5 Å². The Balaban J connectivity index is 1.83. The first-order chi connectivity index (χ1) is 7.81. The Morgan fingerprint density at radius 2 is 1.88 bits per heavy atom. The topological polar surface area (TPSA) is 23.5 Å². The molecule has 0 aromatic heterocycles. The Morgan fingerprint density at radius 1 is 1.12 bits per heavy atom. The standard InChI is InChI=1S/C14H27NO/c1-12-11-13(8-10-16)7-9-15(12)14-5-3-2-4-6-14/h12-14,16H,2-11H2,1H3. The molecule has 2 nitrogen and oxygen atoms in total. The van der Waals surface area contributed by atoms with Crippen LogP contribution in [-0.2, 0) is 0 Å². The largest absolute Gasteiger partial charge is 0.396 e. The molecule has 2 rings (SSSR count). The lowest BCUT2D eigenvalue weighted by atomic mass is 9.85. The van der Waals surface area contributed by atoms with Crippen LogP contribution < -0.4 is 0 Å². The van der Waals surface area contributed by atoms with E-state index in [2.05, 4.69) is 11.8 Å². The second kappa shape index (κ2) is 6.02. The smallest absolute Gasteiger partial charge is 0.0433 e. The van der Waals surface area contributed by atoms with Crippen molar-refractivity contribution in [2.45, 2.75) is 70.4 Å². The molecule has 2 heteroatoms. The summed E-state index contributed by atoms with van der Waals surface area (Å²) < 4.78 is 0. The number of piperidine rings is 1. The van der Waals surface area contributed by atoms with Gasteiger partial charge in [-0.25, -0.2) is 0 Å². The van der Waals surface area contributed by atoms with Crippen LogP contribution in [0.1, 0.15) is 58.3 Å². The van der Waals surface area contributed by atoms with E-state index in [9.17, 15) is 0 Å². The molecule has 1 saturated carbocycles. The Labute approximate surface area is 100 Å². The first kappa shape index (κ1) is 12.4. The highest BCUT2D eigenvalue weighted by atomic mass is 16.3. The molecular formula is C14H27NO. The van der Waals surface area contributed by atoms with E-state index >= 15 is 0 Å². The molecule has 2 fully saturated rings. The fourth-order valence-electron chi connectivity index (χ4n) is 3.69. The summed E-state index contributed by atoms with van der Waals surface area (Å²) in [4.78, 5) is 2.76. The fraction of sp³-hybridized carbons (Fsp3) is 1.00. The number of hydrogen-bond donors (Lipinski definition) is 1. The predicted octanol–water partition coefficient (Wildman–Crippen LogP) is 2.80. The van der Waals surface area contributed by atoms with Crippen molar-refractivity contribution in [3.8, 4) is 0 Å². The number of likely N-dealkylation sites (tertiary alicyclic amines) is 1. The molecule has 0 aromatic rings. The molecule has 1 aliphatic heterocycles. The van der Waals surface area contributed by atoms with Gasteiger partial charge in [-0.05, 0) is 51.5 Å². The van der Waals surface area contributed by atoms with E-state index in [0.717, 1.165) is 24.4 Å². The Morgan fingerprint density at radius 3 is 2.50 bits per heavy atom. The Kier molecular flexibility index (Phi) is 4.66. The van der Waals surface area contributed by atoms with E-state index in [4.69, 9.17) is 5.11 Å². The van der Waals surface area contributed by atoms with Crippen LogP contribution in [0.5, 0.6) is 0 Å². The average molecular weight is 225 g/mol. The van der Waals surface area contributed by atoms with Crippen molar-refractivity contribution in [2.24, 2.45) is 5.92 Å². The van der Waals surface area contributed by atoms with Crippen LogP contribution in [0, 0.1) is 5.92 Å². The third-order valence-corrected chi connectivity index (χ3v) is 4.62. The van der Waals surface area contributed by atoms with Gasteiger partial charge >= 0.3 is 0 Å². The number of nitrogens with zero attached hydrogens (tertiary/aromatic N) is 1. The highest BCUT2D eigenvalue weighted by molar-refractivity contribution is 4.85. The molecule has 94 valence electrons. The number of hydrogen-bond acceptors (Lipinski definition) is 2. The molecule has 0 bridgehead atoms. The first-order valence-corrected chi connectivity index (χ1v) is 7.18. The fourth-order valence-corrected chi connectivity index (χ4v) is 3.69. The molecule has 1 saturated heterocycles. The second-order valence-electron chi connectivity index (χ2n) is 5.78. The van der Waals surface area contributed by atoms with Crippen molar-refractivity contribution in [1.29, 1.82) is 0 Å². The van der Waals surface area contributed by atoms with Crippen LogP contribution in [0.3, 0.4) is 0 Å². The summed E-state index contributed by atoms with van der Waals surface area (Å²) in [5.41, 5.74) is 0. The van der Waals surface area contributed by atoms with Crippen molar-refractivity contribution in [1.82, 2.24) is 4.90 Å². The van der Waals surface area contributed by atoms with Crippen LogP contribution in [0.25, 0.3) is 0 Å². The maximum absolute atomic E-state index is 9.01. The monoisotopic (exact) mass is 225 g/mol. The minimum atomic E-state index is 0.376. The van der Waals surface area contributed by atoms with Gasteiger partial charge in [0.1, 0.15) is 0 Å². The van der Waals surface area contributed by atoms with Gasteiger partial charge in [0.2, 0.25) is 0 Å². The molecule has 16 heavy (non-hydrogen) atoms. The van der Waals surface area contributed by atoms with Crippen LogP contribution in [-0.4, -0.2) is 35.2 Å². The van der Waals surface area contributed by atoms with Gasteiger partial charge in [-0.1, -0.05) is 19.3 Å². The van der Waals surface area contributed by atoms with E-state index in [0.29, 0.717) is 6.61 Å². The molecule has 0 spiro atoms. The van der Waals surface area contributed by atoms with Gasteiger partial charge < -0.3 is 5.11 Å². The molecular weight excluding hydrogens is 198 g/mol. The summed E-state index contributed by atoms with van der Waals surface area (Å²) in [6.45, 7) is 4.04. The lowest BCUT2D eigenvalue weighted by molar-refractivity contribution is 0.0521. The van der Waals surface area contributed by atoms with Crippen molar-refractivity contribution in [3.63, 3.8) is 0 Å². The first-order valence-electron chi connectivity index (χ1n) is 7.18. The molecule has 2 atom stereocenters. The highest BCUT2D eigenvalue weighted by Crippen LogP contribution is 2.31. The SMILES string of the molecule is CC1CC(CCO)CCN1C1CCCCC1. The Bertz CT molecular complexity index is 201. The molecule has 0 amide bonds. The third-order valence-electron chi connectivity index (χ3n) is 4.62. The quantitative estimate of drug-likeness (QED) is 0.798. The van der Waals surface area contributed by atoms with Crippen LogP contribution in [0.2, 0.25) is 0 Å². The number of aliphatic hydroxyl groups is 1. The summed E-state index contributed by atoms with van der Waals surface area (Å²) in [6, 6.07) is 1.62. The van der Waals surface area contributed by atoms with Crippen LogP contribution >= 0.6 is 0 Å². The lowest BCUT2D eigenvalue weighted by Gasteiger charge is -2.44. The third kappa shape index (κ3) is 2.98. The lowest BCUT2D eigenvalue weighted by Crippen LogP contribution is -2.47. The van der Waals surface area contributed by atoms with Gasteiger partial charge in [-0.2, -0.15) is 0 Å². The number of rotatable bonds is 3. The summed E-state index contributed by atoms with van der Waals surface area (Å²) in [5, 5.41) is 9.01. The van der Waals surface area contributed by atoms with E-state index in [1.807, 2.05) is 0 Å². The van der Waals surface area contributed by atoms with Gasteiger partial charge in [0, 0.05) is 18.7 Å². The highest BCUT2D eigenvalue weighted by Gasteiger charge is 2.30. The summed E-state index contributed by atoms with van der Waals surface area (Å²) in [6.07, 6.45) is 10.8. The van der Waals surface area contributed by atoms with Crippen LogP contribution in [0.15, 0.2) is 0 Å². The maximum atomic E-state index is 9.01. The zero-order valence-corrected chi connectivity index (χ0v) is 10.7. The van der Waals surface area contributed by atoms with Gasteiger partial charge in [0.05, 0.1) is 0 Å². The predicted molar refractivity (Wildman–Crippen MR) is 67.5 cm³/mol. The minimum Gasteiger partial charge on any atom is -0.396 e. The molecule has 1 N–H and O–H groups in total. The molecule has 0 radical (unpaired) electrons. The number of aliphatic hydroxyl groups excluding tert-OH is 1. The second-order valence-corrected chi connectivity index (χ2v) is 5.78. The molecule has 1 aliphatic carbocycles. The van der Waals surface area contributed by atoms with Gasteiger partial charge in [-0.15, -0.1) is 0 Å². The minimum absolute atomic E-state index is 0.376. The summed E-state index contributed by atoms with van der Waals surface area (Å²) in [7, 11) is 0. The van der Waals surface area contributed by atoms with Gasteiger partial charge in [0.15, 0.2) is 0 Å². The van der Waals surface area contributed by atoms with E-state index in [-0.39, 0.29) is 0 Å². The van der Waals surface area contributed by atoms with Crippen LogP contribution in [0.4, 0.5) is 0 Å². The van der Waals surface area contributed by atoms with Gasteiger partial charge in [0.25, 0.3) is 0 Å². The Hall–Kier alpha value is -0.0800. The van der Waals surface area contributed by atoms with Crippen molar-refractivity contribution >= 4 is 0 Å². The van der Waals surface area contributed by atoms with Gasteiger partial charge in [-0.3, -0.25) is 4.90 Å². The molecule has 2 unspecified atom stereocenters. The maximum Gasteiger partial charge on any atom is 0.0433 e. The normalized spacial score (nSPS) is 34.1. The zero-order chi connectivity index (χ0) is 11.4. The van der Waals surface area contributed by atoms with Crippen molar-refractivity contribution in [2.75, 3.05) is 13.2 Å². The summed E-state index contributed by atoms with van der Waals surface area (Å²) in [5.74, 6) is 0.778. The average Bonchev–Trinajstić information content (AvgIpc) is 2.31. The molecule has 0 aromatic carbocycles. The van der Waals surface area contributed by atoms with Crippen molar-refractivity contribution in [3.05, 3.63) is 0 Å². The molecule has 2 aliphatic rings. The van der Waals surface area contributed by atoms with Crippen molar-refractivity contribution < 1.29 is 5.11 Å². The summed E-state index contributed by atoms with van der Waals surface area (Å²) >= 11 is 0. The van der Waals surface area contributed by atoms with E-state index < -0.39 is 0 Å². The molecule has 1 heterocycles.